The van der Waals surface area contributed by atoms with Crippen LogP contribution in [0.1, 0.15) is 35.8 Å². The lowest BCUT2D eigenvalue weighted by Crippen LogP contribution is -2.15. The number of esters is 1. The van der Waals surface area contributed by atoms with Gasteiger partial charge in [-0.1, -0.05) is 23.7 Å². The molecule has 0 amide bonds. The van der Waals surface area contributed by atoms with Crippen LogP contribution in [-0.2, 0) is 4.74 Å². The van der Waals surface area contributed by atoms with E-state index in [2.05, 4.69) is 4.98 Å². The van der Waals surface area contributed by atoms with Gasteiger partial charge >= 0.3 is 12.5 Å². The topological polar surface area (TPSA) is 62.6 Å². The lowest BCUT2D eigenvalue weighted by molar-refractivity contribution is 0.0233. The first-order valence-electron chi connectivity index (χ1n) is 8.24. The molecule has 1 atom stereocenters. The average Bonchev–Trinajstić information content (AvgIpc) is 3.07. The van der Waals surface area contributed by atoms with Crippen LogP contribution in [0, 0.1) is 0 Å². The highest BCUT2D eigenvalue weighted by atomic mass is 35.5. The van der Waals surface area contributed by atoms with Gasteiger partial charge in [0.15, 0.2) is 23.4 Å². The largest absolute Gasteiger partial charge is 0.493 e. The van der Waals surface area contributed by atoms with Crippen molar-refractivity contribution in [1.29, 1.82) is 0 Å². The Bertz CT molecular complexity index is 1020. The maximum absolute atomic E-state index is 13.6. The van der Waals surface area contributed by atoms with Gasteiger partial charge in [-0.25, -0.2) is 9.78 Å². The number of alkyl halides is 2. The summed E-state index contributed by atoms with van der Waals surface area (Å²) < 4.78 is 43.5. The first-order chi connectivity index (χ1) is 13.4. The van der Waals surface area contributed by atoms with E-state index in [1.807, 2.05) is 0 Å². The van der Waals surface area contributed by atoms with Gasteiger partial charge in [-0.05, 0) is 31.2 Å². The molecule has 9 heteroatoms. The third-order valence-electron chi connectivity index (χ3n) is 4.13. The molecule has 0 aliphatic rings. The monoisotopic (exact) mass is 410 g/mol. The van der Waals surface area contributed by atoms with E-state index in [1.54, 1.807) is 18.2 Å². The van der Waals surface area contributed by atoms with E-state index < -0.39 is 18.6 Å². The Hall–Kier alpha value is -2.87. The number of carbonyl (C=O) groups excluding carboxylic acids is 1. The number of imidazole rings is 1. The van der Waals surface area contributed by atoms with E-state index in [4.69, 9.17) is 25.8 Å². The fourth-order valence-corrected chi connectivity index (χ4v) is 3.16. The second-order valence-electron chi connectivity index (χ2n) is 5.85. The number of rotatable bonds is 6. The van der Waals surface area contributed by atoms with Gasteiger partial charge in [-0.15, -0.1) is 0 Å². The molecule has 0 saturated heterocycles. The quantitative estimate of drug-likeness (QED) is 0.534. The molecule has 1 aromatic heterocycles. The Morgan fingerprint density at radius 2 is 1.89 bits per heavy atom. The number of methoxy groups -OCH3 is 2. The lowest BCUT2D eigenvalue weighted by Gasteiger charge is -2.16. The molecular weight excluding hydrogens is 394 g/mol. The molecule has 1 unspecified atom stereocenters. The zero-order valence-corrected chi connectivity index (χ0v) is 16.0. The molecule has 2 aromatic carbocycles. The number of halogens is 3. The van der Waals surface area contributed by atoms with Gasteiger partial charge < -0.3 is 14.2 Å². The molecule has 0 bridgehead atoms. The van der Waals surface area contributed by atoms with Crippen molar-refractivity contribution in [3.63, 3.8) is 0 Å². The molecule has 3 aromatic rings. The number of aromatic nitrogens is 2. The third kappa shape index (κ3) is 3.60. The van der Waals surface area contributed by atoms with Gasteiger partial charge in [0.2, 0.25) is 0 Å². The Labute approximate surface area is 164 Å². The number of carbonyl (C=O) groups is 1. The number of hydrogen-bond donors (Lipinski definition) is 0. The highest BCUT2D eigenvalue weighted by Crippen LogP contribution is 2.36. The Morgan fingerprint density at radius 1 is 1.18 bits per heavy atom. The molecule has 28 heavy (non-hydrogen) atoms. The predicted molar refractivity (Wildman–Crippen MR) is 99.4 cm³/mol. The number of nitrogens with zero attached hydrogens (tertiary/aromatic N) is 2. The minimum absolute atomic E-state index is 0.0591. The summed E-state index contributed by atoms with van der Waals surface area (Å²) in [5, 5.41) is 0.154. The third-order valence-corrected chi connectivity index (χ3v) is 4.42. The molecule has 1 heterocycles. The van der Waals surface area contributed by atoms with E-state index in [-0.39, 0.29) is 33.4 Å². The minimum atomic E-state index is -2.83. The standard InChI is InChI=1S/C19H17ClF2N2O4/c1-10(17-23-13-6-4-5-7-14(13)24(17)19(21)22)28-18(25)11-8-12(20)16(27-3)15(9-11)26-2/h4-10,19H,1-3H3. The van der Waals surface area contributed by atoms with Crippen molar-refractivity contribution < 1.29 is 27.8 Å². The summed E-state index contributed by atoms with van der Waals surface area (Å²) >= 11 is 6.10. The highest BCUT2D eigenvalue weighted by Gasteiger charge is 2.25. The normalized spacial score (nSPS) is 12.2. The van der Waals surface area contributed by atoms with E-state index in [1.165, 1.54) is 39.3 Å². The summed E-state index contributed by atoms with van der Waals surface area (Å²) in [5.41, 5.74) is 0.730. The Morgan fingerprint density at radius 3 is 2.54 bits per heavy atom. The van der Waals surface area contributed by atoms with Gasteiger partial charge in [0.1, 0.15) is 0 Å². The van der Waals surface area contributed by atoms with Crippen molar-refractivity contribution in [2.24, 2.45) is 0 Å². The number of ether oxygens (including phenoxy) is 3. The molecule has 0 aliphatic heterocycles. The second-order valence-corrected chi connectivity index (χ2v) is 6.25. The van der Waals surface area contributed by atoms with Gasteiger partial charge in [0.25, 0.3) is 0 Å². The molecule has 0 aliphatic carbocycles. The average molecular weight is 411 g/mol. The van der Waals surface area contributed by atoms with E-state index >= 15 is 0 Å². The molecule has 148 valence electrons. The fraction of sp³-hybridized carbons (Fsp3) is 0.263. The summed E-state index contributed by atoms with van der Waals surface area (Å²) in [6.45, 7) is -1.36. The molecule has 0 N–H and O–H groups in total. The molecule has 3 rings (SSSR count). The van der Waals surface area contributed by atoms with Crippen LogP contribution in [0.5, 0.6) is 11.5 Å². The van der Waals surface area contributed by atoms with Crippen LogP contribution in [0.3, 0.4) is 0 Å². The number of para-hydroxylation sites is 2. The highest BCUT2D eigenvalue weighted by molar-refractivity contribution is 6.32. The van der Waals surface area contributed by atoms with E-state index in [0.29, 0.717) is 5.52 Å². The van der Waals surface area contributed by atoms with Crippen molar-refractivity contribution in [1.82, 2.24) is 9.55 Å². The second kappa shape index (κ2) is 8.02. The maximum atomic E-state index is 13.6. The summed E-state index contributed by atoms with van der Waals surface area (Å²) in [4.78, 5) is 16.7. The molecule has 0 radical (unpaired) electrons. The first kappa shape index (κ1) is 19.9. The lowest BCUT2D eigenvalue weighted by atomic mass is 10.2. The van der Waals surface area contributed by atoms with Crippen LogP contribution in [0.15, 0.2) is 36.4 Å². The zero-order chi connectivity index (χ0) is 20.4. The number of hydrogen-bond acceptors (Lipinski definition) is 5. The number of benzene rings is 2. The smallest absolute Gasteiger partial charge is 0.339 e. The summed E-state index contributed by atoms with van der Waals surface area (Å²) in [6.07, 6.45) is -1.03. The molecule has 6 nitrogen and oxygen atoms in total. The maximum Gasteiger partial charge on any atom is 0.339 e. The van der Waals surface area contributed by atoms with Crippen LogP contribution in [-0.4, -0.2) is 29.7 Å². The number of fused-ring (bicyclic) bond motifs is 1. The minimum Gasteiger partial charge on any atom is -0.493 e. The van der Waals surface area contributed by atoms with Crippen molar-refractivity contribution in [2.75, 3.05) is 14.2 Å². The first-order valence-corrected chi connectivity index (χ1v) is 8.62. The molecule has 0 saturated carbocycles. The molecule has 0 spiro atoms. The summed E-state index contributed by atoms with van der Waals surface area (Å²) in [5.74, 6) is -0.304. The summed E-state index contributed by atoms with van der Waals surface area (Å²) in [6, 6.07) is 9.22. The Kier molecular flexibility index (Phi) is 5.69. The van der Waals surface area contributed by atoms with Gasteiger partial charge in [0.05, 0.1) is 35.8 Å². The van der Waals surface area contributed by atoms with Crippen molar-refractivity contribution in [3.8, 4) is 11.5 Å². The van der Waals surface area contributed by atoms with Crippen LogP contribution in [0.25, 0.3) is 11.0 Å². The van der Waals surface area contributed by atoms with Gasteiger partial charge in [-0.2, -0.15) is 8.78 Å². The van der Waals surface area contributed by atoms with Crippen LogP contribution < -0.4 is 9.47 Å². The molecular formula is C19H17ClF2N2O4. The fourth-order valence-electron chi connectivity index (χ4n) is 2.87. The molecule has 0 fully saturated rings. The predicted octanol–water partition coefficient (Wildman–Crippen LogP) is 5.02. The van der Waals surface area contributed by atoms with Crippen LogP contribution in [0.2, 0.25) is 5.02 Å². The van der Waals surface area contributed by atoms with Gasteiger partial charge in [0, 0.05) is 0 Å². The SMILES string of the molecule is COc1cc(C(=O)OC(C)c2nc3ccccc3n2C(F)F)cc(Cl)c1OC. The Balaban J connectivity index is 1.92. The zero-order valence-electron chi connectivity index (χ0n) is 15.3. The van der Waals surface area contributed by atoms with Crippen LogP contribution >= 0.6 is 11.6 Å². The van der Waals surface area contributed by atoms with Crippen molar-refractivity contribution in [3.05, 3.63) is 52.8 Å². The van der Waals surface area contributed by atoms with Crippen molar-refractivity contribution in [2.45, 2.75) is 19.6 Å². The van der Waals surface area contributed by atoms with Crippen molar-refractivity contribution >= 4 is 28.6 Å². The van der Waals surface area contributed by atoms with Crippen LogP contribution in [0.4, 0.5) is 8.78 Å². The van der Waals surface area contributed by atoms with E-state index in [0.717, 1.165) is 4.57 Å². The van der Waals surface area contributed by atoms with E-state index in [9.17, 15) is 13.6 Å². The van der Waals surface area contributed by atoms with Gasteiger partial charge in [-0.3, -0.25) is 4.57 Å². The summed E-state index contributed by atoms with van der Waals surface area (Å²) in [7, 11) is 2.82.